The van der Waals surface area contributed by atoms with Crippen LogP contribution in [0.1, 0.15) is 59.9 Å². The van der Waals surface area contributed by atoms with E-state index < -0.39 is 11.9 Å². The molecule has 2 bridgehead atoms. The van der Waals surface area contributed by atoms with E-state index in [0.29, 0.717) is 5.78 Å². The fourth-order valence-corrected chi connectivity index (χ4v) is 3.46. The maximum atomic E-state index is 11.5. The summed E-state index contributed by atoms with van der Waals surface area (Å²) in [5.74, 6) is -1.87. The molecule has 0 heterocycles. The summed E-state index contributed by atoms with van der Waals surface area (Å²) in [5, 5.41) is 17.4. The fraction of sp³-hybridized carbons (Fsp3) is 0.421. The number of carboxylic acid groups (broad SMARTS) is 2. The second-order valence-corrected chi connectivity index (χ2v) is 7.08. The zero-order chi connectivity index (χ0) is 18.3. The summed E-state index contributed by atoms with van der Waals surface area (Å²) >= 11 is 0. The van der Waals surface area contributed by atoms with Gasteiger partial charge in [-0.1, -0.05) is 32.4 Å². The normalized spacial score (nSPS) is 23.3. The van der Waals surface area contributed by atoms with Crippen LogP contribution in [0, 0.1) is 17.8 Å². The second kappa shape index (κ2) is 5.89. The number of allylic oxidation sites excluding steroid dienone is 2. The van der Waals surface area contributed by atoms with Gasteiger partial charge in [0.05, 0.1) is 11.1 Å². The molecule has 0 spiro atoms. The molecule has 5 nitrogen and oxygen atoms in total. The molecular weight excluding hydrogens is 308 g/mol. The number of carbonyl (C=O) groups is 3. The lowest BCUT2D eigenvalue weighted by molar-refractivity contribution is -0.125. The van der Waals surface area contributed by atoms with E-state index in [-0.39, 0.29) is 27.5 Å². The Kier molecular flexibility index (Phi) is 4.40. The van der Waals surface area contributed by atoms with Crippen LogP contribution in [-0.2, 0) is 4.79 Å². The Morgan fingerprint density at radius 3 is 1.79 bits per heavy atom. The number of ketones is 1. The molecule has 0 amide bonds. The van der Waals surface area contributed by atoms with E-state index in [0.717, 1.165) is 12.8 Å². The van der Waals surface area contributed by atoms with Gasteiger partial charge in [-0.25, -0.2) is 9.59 Å². The van der Waals surface area contributed by atoms with E-state index in [1.807, 2.05) is 6.08 Å². The Morgan fingerprint density at radius 2 is 1.54 bits per heavy atom. The molecule has 1 saturated carbocycles. The number of rotatable bonds is 2. The highest BCUT2D eigenvalue weighted by Gasteiger charge is 2.56. The van der Waals surface area contributed by atoms with Crippen molar-refractivity contribution in [3.8, 4) is 0 Å². The third-order valence-corrected chi connectivity index (χ3v) is 5.72. The minimum Gasteiger partial charge on any atom is -0.478 e. The first-order valence-corrected chi connectivity index (χ1v) is 7.84. The van der Waals surface area contributed by atoms with Crippen LogP contribution in [0.25, 0.3) is 0 Å². The van der Waals surface area contributed by atoms with Gasteiger partial charge in [0, 0.05) is 5.41 Å². The molecule has 1 unspecified atom stereocenters. The van der Waals surface area contributed by atoms with Crippen LogP contribution in [0.15, 0.2) is 29.8 Å². The van der Waals surface area contributed by atoms with Crippen molar-refractivity contribution in [3.05, 3.63) is 46.5 Å². The average molecular weight is 330 g/mol. The maximum Gasteiger partial charge on any atom is 0.335 e. The van der Waals surface area contributed by atoms with E-state index in [1.54, 1.807) is 0 Å². The predicted molar refractivity (Wildman–Crippen MR) is 89.3 cm³/mol. The van der Waals surface area contributed by atoms with Crippen molar-refractivity contribution in [2.75, 3.05) is 0 Å². The van der Waals surface area contributed by atoms with E-state index in [2.05, 4.69) is 20.8 Å². The van der Waals surface area contributed by atoms with Crippen LogP contribution in [0.3, 0.4) is 0 Å². The van der Waals surface area contributed by atoms with Crippen LogP contribution in [0.2, 0.25) is 0 Å². The molecule has 0 aliphatic heterocycles. The van der Waals surface area contributed by atoms with Crippen molar-refractivity contribution in [2.45, 2.75) is 40.5 Å². The molecule has 1 aromatic rings. The number of benzene rings is 1. The second-order valence-electron chi connectivity index (χ2n) is 7.08. The third kappa shape index (κ3) is 2.64. The highest BCUT2D eigenvalue weighted by molar-refractivity contribution is 6.00. The highest BCUT2D eigenvalue weighted by atomic mass is 16.4. The van der Waals surface area contributed by atoms with Crippen LogP contribution >= 0.6 is 0 Å². The molecule has 2 N–H and O–H groups in total. The topological polar surface area (TPSA) is 91.7 Å². The Morgan fingerprint density at radius 1 is 1.04 bits per heavy atom. The molecule has 2 aliphatic rings. The minimum absolute atomic E-state index is 0.0277. The van der Waals surface area contributed by atoms with Crippen molar-refractivity contribution in [2.24, 2.45) is 10.8 Å². The first kappa shape index (κ1) is 17.9. The van der Waals surface area contributed by atoms with Crippen molar-refractivity contribution in [1.82, 2.24) is 0 Å². The van der Waals surface area contributed by atoms with Gasteiger partial charge in [0.2, 0.25) is 0 Å². The zero-order valence-electron chi connectivity index (χ0n) is 14.3. The molecule has 0 radical (unpaired) electrons. The first-order chi connectivity index (χ1) is 11.0. The molecule has 3 rings (SSSR count). The monoisotopic (exact) mass is 330 g/mol. The van der Waals surface area contributed by atoms with Gasteiger partial charge < -0.3 is 10.2 Å². The molecule has 1 fully saturated rings. The number of carboxylic acids is 2. The van der Waals surface area contributed by atoms with Crippen molar-refractivity contribution >= 4 is 17.7 Å². The Balaban J connectivity index is 0.000000175. The van der Waals surface area contributed by atoms with Gasteiger partial charge in [0.25, 0.3) is 0 Å². The van der Waals surface area contributed by atoms with Gasteiger partial charge in [0.1, 0.15) is 0 Å². The van der Waals surface area contributed by atoms with Gasteiger partial charge >= 0.3 is 11.9 Å². The van der Waals surface area contributed by atoms with Gasteiger partial charge in [-0.2, -0.15) is 0 Å². The molecule has 0 saturated heterocycles. The summed E-state index contributed by atoms with van der Waals surface area (Å²) in [7, 11) is 0. The molecule has 5 heteroatoms. The Hall–Kier alpha value is -2.43. The summed E-state index contributed by atoms with van der Waals surface area (Å²) in [6, 6.07) is 4.17. The number of hydrogen-bond donors (Lipinski definition) is 2. The maximum absolute atomic E-state index is 11.5. The molecule has 128 valence electrons. The number of fused-ring (bicyclic) bond motifs is 2. The molecule has 1 atom stereocenters. The largest absolute Gasteiger partial charge is 0.478 e. The predicted octanol–water partition coefficient (Wildman–Crippen LogP) is 3.71. The lowest BCUT2D eigenvalue weighted by Gasteiger charge is -2.31. The number of carbonyl (C=O) groups excluding carboxylic acids is 1. The standard InChI is InChI=1S/C10H14O.C9H8O4/c1-9(2)7-4-5-10(9,3)8(11)6-7;1-5-6(8(10)11)3-2-4-7(5)9(12)13/h6H,4-5H2,1-3H3;2-4H,1H3,(H,10,11)(H,12,13). The average Bonchev–Trinajstić information content (AvgIpc) is 2.80. The molecular formula is C19H22O5. The SMILES string of the molecule is CC1(C)C2=CC(=O)C1(C)CC2.Cc1c(C(=O)O)cccc1C(=O)O. The van der Waals surface area contributed by atoms with Crippen LogP contribution in [-0.4, -0.2) is 27.9 Å². The first-order valence-electron chi connectivity index (χ1n) is 7.84. The van der Waals surface area contributed by atoms with Crippen LogP contribution < -0.4 is 0 Å². The summed E-state index contributed by atoms with van der Waals surface area (Å²) in [4.78, 5) is 32.7. The van der Waals surface area contributed by atoms with Gasteiger partial charge in [0.15, 0.2) is 5.78 Å². The fourth-order valence-electron chi connectivity index (χ4n) is 3.46. The van der Waals surface area contributed by atoms with E-state index in [9.17, 15) is 14.4 Å². The summed E-state index contributed by atoms with van der Waals surface area (Å²) < 4.78 is 0. The van der Waals surface area contributed by atoms with Crippen LogP contribution in [0.4, 0.5) is 0 Å². The summed E-state index contributed by atoms with van der Waals surface area (Å²) in [6.45, 7) is 7.96. The number of aromatic carboxylic acids is 2. The summed E-state index contributed by atoms with van der Waals surface area (Å²) in [5.41, 5.74) is 1.78. The lowest BCUT2D eigenvalue weighted by atomic mass is 9.70. The Labute approximate surface area is 141 Å². The Bertz CT molecular complexity index is 725. The molecule has 1 aromatic carbocycles. The van der Waals surface area contributed by atoms with Crippen molar-refractivity contribution in [1.29, 1.82) is 0 Å². The van der Waals surface area contributed by atoms with E-state index in [1.165, 1.54) is 30.7 Å². The molecule has 2 aliphatic carbocycles. The van der Waals surface area contributed by atoms with E-state index >= 15 is 0 Å². The quantitative estimate of drug-likeness (QED) is 0.862. The third-order valence-electron chi connectivity index (χ3n) is 5.72. The highest BCUT2D eigenvalue weighted by Crippen LogP contribution is 2.60. The van der Waals surface area contributed by atoms with E-state index in [4.69, 9.17) is 10.2 Å². The smallest absolute Gasteiger partial charge is 0.335 e. The zero-order valence-corrected chi connectivity index (χ0v) is 14.3. The van der Waals surface area contributed by atoms with Crippen molar-refractivity contribution in [3.63, 3.8) is 0 Å². The van der Waals surface area contributed by atoms with Crippen molar-refractivity contribution < 1.29 is 24.6 Å². The molecule has 24 heavy (non-hydrogen) atoms. The minimum atomic E-state index is -1.11. The van der Waals surface area contributed by atoms with Gasteiger partial charge in [-0.05, 0) is 49.0 Å². The summed E-state index contributed by atoms with van der Waals surface area (Å²) in [6.07, 6.45) is 4.06. The number of hydrogen-bond acceptors (Lipinski definition) is 3. The van der Waals surface area contributed by atoms with Crippen LogP contribution in [0.5, 0.6) is 0 Å². The lowest BCUT2D eigenvalue weighted by Crippen LogP contribution is -2.32. The molecule has 0 aromatic heterocycles. The van der Waals surface area contributed by atoms with Gasteiger partial charge in [-0.3, -0.25) is 4.79 Å². The van der Waals surface area contributed by atoms with Gasteiger partial charge in [-0.15, -0.1) is 0 Å².